The van der Waals surface area contributed by atoms with E-state index in [2.05, 4.69) is 9.97 Å². The van der Waals surface area contributed by atoms with Crippen molar-refractivity contribution in [3.05, 3.63) is 35.4 Å². The summed E-state index contributed by atoms with van der Waals surface area (Å²) in [5.41, 5.74) is 12.2. The Morgan fingerprint density at radius 3 is 2.59 bits per heavy atom. The number of fused-ring (bicyclic) bond motifs is 3. The molecule has 17 heavy (non-hydrogen) atoms. The number of aromatic nitrogens is 2. The van der Waals surface area contributed by atoms with E-state index in [1.165, 1.54) is 0 Å². The first kappa shape index (κ1) is 10.1. The molecular formula is C12H9ClN4. The van der Waals surface area contributed by atoms with Gasteiger partial charge in [-0.2, -0.15) is 4.98 Å². The molecule has 1 heterocycles. The van der Waals surface area contributed by atoms with Crippen LogP contribution >= 0.6 is 11.6 Å². The molecule has 3 rings (SSSR count). The van der Waals surface area contributed by atoms with Gasteiger partial charge < -0.3 is 11.5 Å². The molecule has 3 aromatic rings. The lowest BCUT2D eigenvalue weighted by Crippen LogP contribution is -2.00. The highest BCUT2D eigenvalue weighted by molar-refractivity contribution is 6.36. The minimum atomic E-state index is 0.177. The van der Waals surface area contributed by atoms with E-state index in [0.717, 1.165) is 21.7 Å². The topological polar surface area (TPSA) is 77.8 Å². The molecule has 0 bridgehead atoms. The van der Waals surface area contributed by atoms with Gasteiger partial charge in [0.2, 0.25) is 5.95 Å². The second kappa shape index (κ2) is 3.46. The molecule has 0 saturated carbocycles. The van der Waals surface area contributed by atoms with Crippen LogP contribution in [0, 0.1) is 0 Å². The fourth-order valence-electron chi connectivity index (χ4n) is 2.00. The van der Waals surface area contributed by atoms with Gasteiger partial charge in [-0.05, 0) is 17.5 Å². The van der Waals surface area contributed by atoms with Gasteiger partial charge in [-0.25, -0.2) is 4.98 Å². The summed E-state index contributed by atoms with van der Waals surface area (Å²) in [7, 11) is 0. The van der Waals surface area contributed by atoms with Crippen molar-refractivity contribution in [1.29, 1.82) is 0 Å². The van der Waals surface area contributed by atoms with Crippen LogP contribution in [-0.2, 0) is 0 Å². The lowest BCUT2D eigenvalue weighted by molar-refractivity contribution is 1.25. The molecule has 0 amide bonds. The van der Waals surface area contributed by atoms with Crippen molar-refractivity contribution in [3.63, 3.8) is 0 Å². The molecule has 2 aromatic carbocycles. The van der Waals surface area contributed by atoms with Crippen LogP contribution in [0.15, 0.2) is 30.3 Å². The Kier molecular flexibility index (Phi) is 2.06. The van der Waals surface area contributed by atoms with Crippen LogP contribution in [0.1, 0.15) is 0 Å². The standard InChI is InChI=1S/C12H9ClN4/c13-8-3-1-2-7-6(8)4-5-9-10(7)11(14)17-12(15)16-9/h1-5H,(H4,14,15,16,17). The van der Waals surface area contributed by atoms with Gasteiger partial charge in [-0.1, -0.05) is 29.8 Å². The van der Waals surface area contributed by atoms with Crippen molar-refractivity contribution < 1.29 is 0 Å². The third-order valence-electron chi connectivity index (χ3n) is 2.71. The van der Waals surface area contributed by atoms with E-state index in [-0.39, 0.29) is 5.95 Å². The summed E-state index contributed by atoms with van der Waals surface area (Å²) in [5.74, 6) is 0.553. The highest BCUT2D eigenvalue weighted by Gasteiger charge is 2.08. The van der Waals surface area contributed by atoms with Crippen molar-refractivity contribution in [3.8, 4) is 0 Å². The fraction of sp³-hybridized carbons (Fsp3) is 0. The van der Waals surface area contributed by atoms with Gasteiger partial charge in [0, 0.05) is 10.4 Å². The Hall–Kier alpha value is -2.07. The number of nitrogen functional groups attached to an aromatic ring is 2. The van der Waals surface area contributed by atoms with Crippen LogP contribution in [0.25, 0.3) is 21.7 Å². The normalized spacial score (nSPS) is 11.1. The first-order valence-electron chi connectivity index (χ1n) is 5.07. The van der Waals surface area contributed by atoms with E-state index in [4.69, 9.17) is 23.1 Å². The average molecular weight is 245 g/mol. The predicted molar refractivity (Wildman–Crippen MR) is 70.9 cm³/mol. The maximum absolute atomic E-state index is 6.13. The maximum Gasteiger partial charge on any atom is 0.222 e. The number of hydrogen-bond acceptors (Lipinski definition) is 4. The molecule has 0 aliphatic carbocycles. The van der Waals surface area contributed by atoms with Gasteiger partial charge in [0.15, 0.2) is 0 Å². The molecule has 0 atom stereocenters. The zero-order valence-corrected chi connectivity index (χ0v) is 9.57. The van der Waals surface area contributed by atoms with Gasteiger partial charge in [0.25, 0.3) is 0 Å². The average Bonchev–Trinajstić information content (AvgIpc) is 2.28. The summed E-state index contributed by atoms with van der Waals surface area (Å²) < 4.78 is 0. The van der Waals surface area contributed by atoms with Gasteiger partial charge in [0.05, 0.1) is 10.9 Å². The van der Waals surface area contributed by atoms with Crippen molar-refractivity contribution >= 4 is 45.0 Å². The quantitative estimate of drug-likeness (QED) is 0.596. The summed E-state index contributed by atoms with van der Waals surface area (Å²) >= 11 is 6.13. The number of nitrogens with two attached hydrogens (primary N) is 2. The number of hydrogen-bond donors (Lipinski definition) is 2. The molecular weight excluding hydrogens is 236 g/mol. The Labute approximate surface area is 102 Å². The van der Waals surface area contributed by atoms with Gasteiger partial charge in [-0.3, -0.25) is 0 Å². The maximum atomic E-state index is 6.13. The molecule has 0 unspecified atom stereocenters. The van der Waals surface area contributed by atoms with E-state index >= 15 is 0 Å². The van der Waals surface area contributed by atoms with Crippen LogP contribution in [-0.4, -0.2) is 9.97 Å². The molecule has 1 aromatic heterocycles. The summed E-state index contributed by atoms with van der Waals surface area (Å²) in [6.45, 7) is 0. The van der Waals surface area contributed by atoms with E-state index in [9.17, 15) is 0 Å². The first-order chi connectivity index (χ1) is 8.16. The second-order valence-corrected chi connectivity index (χ2v) is 4.17. The van der Waals surface area contributed by atoms with E-state index in [1.54, 1.807) is 0 Å². The summed E-state index contributed by atoms with van der Waals surface area (Å²) in [4.78, 5) is 8.14. The number of anilines is 2. The predicted octanol–water partition coefficient (Wildman–Crippen LogP) is 2.60. The third kappa shape index (κ3) is 1.45. The summed E-state index contributed by atoms with van der Waals surface area (Å²) in [5, 5.41) is 3.34. The number of nitrogens with zero attached hydrogens (tertiary/aromatic N) is 2. The smallest absolute Gasteiger partial charge is 0.222 e. The van der Waals surface area contributed by atoms with Crippen molar-refractivity contribution in [2.24, 2.45) is 0 Å². The van der Waals surface area contributed by atoms with Crippen LogP contribution in [0.2, 0.25) is 5.02 Å². The van der Waals surface area contributed by atoms with E-state index in [1.807, 2.05) is 30.3 Å². The molecule has 0 aliphatic rings. The molecule has 4 nitrogen and oxygen atoms in total. The third-order valence-corrected chi connectivity index (χ3v) is 3.04. The van der Waals surface area contributed by atoms with Gasteiger partial charge in [-0.15, -0.1) is 0 Å². The minimum Gasteiger partial charge on any atom is -0.383 e. The Bertz CT molecular complexity index is 739. The van der Waals surface area contributed by atoms with Gasteiger partial charge in [0.1, 0.15) is 5.82 Å². The number of benzene rings is 2. The van der Waals surface area contributed by atoms with E-state index < -0.39 is 0 Å². The monoisotopic (exact) mass is 244 g/mol. The molecule has 84 valence electrons. The highest BCUT2D eigenvalue weighted by atomic mass is 35.5. The minimum absolute atomic E-state index is 0.177. The van der Waals surface area contributed by atoms with Crippen LogP contribution < -0.4 is 11.5 Å². The fourth-order valence-corrected chi connectivity index (χ4v) is 2.24. The molecule has 5 heteroatoms. The largest absolute Gasteiger partial charge is 0.383 e. The van der Waals surface area contributed by atoms with Gasteiger partial charge >= 0.3 is 0 Å². The van der Waals surface area contributed by atoms with Crippen molar-refractivity contribution in [2.75, 3.05) is 11.5 Å². The Balaban J connectivity index is 2.60. The van der Waals surface area contributed by atoms with Crippen LogP contribution in [0.5, 0.6) is 0 Å². The number of halogens is 1. The van der Waals surface area contributed by atoms with Crippen LogP contribution in [0.4, 0.5) is 11.8 Å². The lowest BCUT2D eigenvalue weighted by atomic mass is 10.1. The molecule has 0 radical (unpaired) electrons. The van der Waals surface area contributed by atoms with Crippen molar-refractivity contribution in [1.82, 2.24) is 9.97 Å². The molecule has 0 fully saturated rings. The Morgan fingerprint density at radius 2 is 1.76 bits per heavy atom. The van der Waals surface area contributed by atoms with Crippen LogP contribution in [0.3, 0.4) is 0 Å². The Morgan fingerprint density at radius 1 is 0.941 bits per heavy atom. The highest BCUT2D eigenvalue weighted by Crippen LogP contribution is 2.31. The second-order valence-electron chi connectivity index (χ2n) is 3.76. The lowest BCUT2D eigenvalue weighted by Gasteiger charge is -2.07. The molecule has 0 spiro atoms. The van der Waals surface area contributed by atoms with Crippen molar-refractivity contribution in [2.45, 2.75) is 0 Å². The van der Waals surface area contributed by atoms with E-state index in [0.29, 0.717) is 10.8 Å². The molecule has 4 N–H and O–H groups in total. The summed E-state index contributed by atoms with van der Waals surface area (Å²) in [6.07, 6.45) is 0. The zero-order chi connectivity index (χ0) is 12.0. The molecule has 0 saturated heterocycles. The SMILES string of the molecule is Nc1nc(N)c2c(ccc3c(Cl)cccc32)n1. The zero-order valence-electron chi connectivity index (χ0n) is 8.81. The molecule has 0 aliphatic heterocycles. The first-order valence-corrected chi connectivity index (χ1v) is 5.44. The number of rotatable bonds is 0. The summed E-state index contributed by atoms with van der Waals surface area (Å²) in [6, 6.07) is 9.41.